The van der Waals surface area contributed by atoms with Crippen LogP contribution in [0.2, 0.25) is 0 Å². The molecule has 0 radical (unpaired) electrons. The van der Waals surface area contributed by atoms with Gasteiger partial charge in [-0.2, -0.15) is 0 Å². The third kappa shape index (κ3) is 3.40. The van der Waals surface area contributed by atoms with Crippen LogP contribution in [0.3, 0.4) is 0 Å². The van der Waals surface area contributed by atoms with Gasteiger partial charge >= 0.3 is 0 Å². The number of hydrogen-bond acceptors (Lipinski definition) is 3. The molecule has 0 N–H and O–H groups in total. The number of amides is 1. The fraction of sp³-hybridized carbons (Fsp3) is 0.462. The zero-order chi connectivity index (χ0) is 15.9. The number of hydrogen-bond donors (Lipinski definition) is 0. The molecule has 0 bridgehead atoms. The summed E-state index contributed by atoms with van der Waals surface area (Å²) in [6.45, 7) is 5.08. The molecular weight excluding hydrogens is 385 g/mol. The van der Waals surface area contributed by atoms with Gasteiger partial charge in [-0.15, -0.1) is 0 Å². The number of benzene rings is 1. The first-order valence-electron chi connectivity index (χ1n) is 6.34. The molecule has 0 saturated carbocycles. The first kappa shape index (κ1) is 16.7. The van der Waals surface area contributed by atoms with Crippen LogP contribution in [0.25, 0.3) is 0 Å². The van der Waals surface area contributed by atoms with Crippen molar-refractivity contribution < 1.29 is 17.6 Å². The van der Waals surface area contributed by atoms with Crippen LogP contribution < -0.4 is 0 Å². The van der Waals surface area contributed by atoms with Crippen LogP contribution in [0, 0.1) is 17.7 Å². The van der Waals surface area contributed by atoms with Crippen molar-refractivity contribution in [1.82, 2.24) is 4.90 Å². The number of likely N-dealkylation sites (tertiary alicyclic amines) is 1. The van der Waals surface area contributed by atoms with Crippen molar-refractivity contribution in [2.75, 3.05) is 13.1 Å². The van der Waals surface area contributed by atoms with Gasteiger partial charge in [0, 0.05) is 28.2 Å². The van der Waals surface area contributed by atoms with E-state index in [0.717, 1.165) is 6.07 Å². The van der Waals surface area contributed by atoms with E-state index in [-0.39, 0.29) is 10.0 Å². The molecule has 0 aromatic heterocycles. The Bertz CT molecular complexity index is 685. The van der Waals surface area contributed by atoms with E-state index in [1.165, 1.54) is 11.0 Å². The lowest BCUT2D eigenvalue weighted by Crippen LogP contribution is -2.30. The largest absolute Gasteiger partial charge is 0.338 e. The van der Waals surface area contributed by atoms with Crippen molar-refractivity contribution >= 4 is 41.6 Å². The lowest BCUT2D eigenvalue weighted by molar-refractivity contribution is 0.0779. The summed E-state index contributed by atoms with van der Waals surface area (Å²) in [7, 11) is 0.944. The molecule has 1 aliphatic rings. The minimum Gasteiger partial charge on any atom is -0.338 e. The smallest absolute Gasteiger partial charge is 0.264 e. The second kappa shape index (κ2) is 5.85. The Morgan fingerprint density at radius 2 is 1.86 bits per heavy atom. The molecule has 1 amide bonds. The fourth-order valence-electron chi connectivity index (χ4n) is 2.36. The summed E-state index contributed by atoms with van der Waals surface area (Å²) in [5, 5.41) is 0. The van der Waals surface area contributed by atoms with E-state index in [2.05, 4.69) is 15.9 Å². The Balaban J connectivity index is 2.45. The molecule has 4 nitrogen and oxygen atoms in total. The van der Waals surface area contributed by atoms with Crippen LogP contribution >= 0.6 is 26.6 Å². The minimum absolute atomic E-state index is 0.284. The third-order valence-electron chi connectivity index (χ3n) is 3.77. The molecule has 1 saturated heterocycles. The highest BCUT2D eigenvalue weighted by atomic mass is 79.9. The number of rotatable bonds is 2. The molecule has 2 unspecified atom stereocenters. The summed E-state index contributed by atoms with van der Waals surface area (Å²) >= 11 is 3.08. The van der Waals surface area contributed by atoms with Gasteiger partial charge < -0.3 is 4.90 Å². The standard InChI is InChI=1S/C13H14BrClFNO3S/c1-7-5-17(6-8(7)2)13(18)10-3-9(14)4-11(12(10)16)21(15,19)20/h3-4,7-8H,5-6H2,1-2H3. The number of halogens is 3. The summed E-state index contributed by atoms with van der Waals surface area (Å²) < 4.78 is 37.4. The van der Waals surface area contributed by atoms with Crippen LogP contribution in [0.5, 0.6) is 0 Å². The molecular formula is C13H14BrClFNO3S. The van der Waals surface area contributed by atoms with Gasteiger partial charge in [-0.1, -0.05) is 29.8 Å². The SMILES string of the molecule is CC1CN(C(=O)c2cc(Br)cc(S(=O)(=O)Cl)c2F)CC1C. The zero-order valence-electron chi connectivity index (χ0n) is 11.4. The Morgan fingerprint density at radius 3 is 2.33 bits per heavy atom. The van der Waals surface area contributed by atoms with Crippen LogP contribution in [-0.2, 0) is 9.05 Å². The fourth-order valence-corrected chi connectivity index (χ4v) is 3.90. The van der Waals surface area contributed by atoms with E-state index in [4.69, 9.17) is 10.7 Å². The summed E-state index contributed by atoms with van der Waals surface area (Å²) in [6.07, 6.45) is 0. The van der Waals surface area contributed by atoms with E-state index >= 15 is 0 Å². The van der Waals surface area contributed by atoms with Crippen LogP contribution in [-0.4, -0.2) is 32.3 Å². The Kier molecular flexibility index (Phi) is 4.66. The number of carbonyl (C=O) groups excluding carboxylic acids is 1. The first-order chi connectivity index (χ1) is 9.61. The lowest BCUT2D eigenvalue weighted by atomic mass is 10.0. The van der Waals surface area contributed by atoms with Gasteiger partial charge in [0.25, 0.3) is 15.0 Å². The van der Waals surface area contributed by atoms with E-state index in [0.29, 0.717) is 24.9 Å². The molecule has 1 aliphatic heterocycles. The summed E-state index contributed by atoms with van der Waals surface area (Å²) in [5.74, 6) is -0.988. The minimum atomic E-state index is -4.26. The maximum Gasteiger partial charge on any atom is 0.264 e. The topological polar surface area (TPSA) is 54.5 Å². The predicted molar refractivity (Wildman–Crippen MR) is 81.4 cm³/mol. The van der Waals surface area contributed by atoms with Crippen LogP contribution in [0.1, 0.15) is 24.2 Å². The van der Waals surface area contributed by atoms with E-state index in [9.17, 15) is 17.6 Å². The van der Waals surface area contributed by atoms with Gasteiger partial charge in [0.2, 0.25) is 0 Å². The normalized spacial score (nSPS) is 22.6. The van der Waals surface area contributed by atoms with Gasteiger partial charge in [0.15, 0.2) is 5.82 Å². The molecule has 0 spiro atoms. The third-order valence-corrected chi connectivity index (χ3v) is 5.55. The van der Waals surface area contributed by atoms with Gasteiger partial charge in [0.05, 0.1) is 5.56 Å². The average molecular weight is 399 g/mol. The Labute approximate surface area is 135 Å². The van der Waals surface area contributed by atoms with Crippen molar-refractivity contribution in [2.45, 2.75) is 18.7 Å². The van der Waals surface area contributed by atoms with E-state index < -0.39 is 25.7 Å². The summed E-state index contributed by atoms with van der Waals surface area (Å²) in [5.41, 5.74) is -0.287. The molecule has 1 heterocycles. The maximum atomic E-state index is 14.3. The van der Waals surface area contributed by atoms with Gasteiger partial charge in [-0.25, -0.2) is 12.8 Å². The summed E-state index contributed by atoms with van der Waals surface area (Å²) in [6, 6.07) is 2.32. The van der Waals surface area contributed by atoms with Crippen molar-refractivity contribution in [3.05, 3.63) is 28.0 Å². The van der Waals surface area contributed by atoms with Gasteiger partial charge in [-0.05, 0) is 24.0 Å². The molecule has 21 heavy (non-hydrogen) atoms. The lowest BCUT2D eigenvalue weighted by Gasteiger charge is -2.17. The molecule has 8 heteroatoms. The molecule has 2 atom stereocenters. The molecule has 0 aliphatic carbocycles. The number of nitrogens with zero attached hydrogens (tertiary/aromatic N) is 1. The summed E-state index contributed by atoms with van der Waals surface area (Å²) in [4.78, 5) is 13.3. The predicted octanol–water partition coefficient (Wildman–Crippen LogP) is 3.24. The van der Waals surface area contributed by atoms with E-state index in [1.807, 2.05) is 13.8 Å². The van der Waals surface area contributed by atoms with Crippen molar-refractivity contribution in [1.29, 1.82) is 0 Å². The highest BCUT2D eigenvalue weighted by molar-refractivity contribution is 9.10. The highest BCUT2D eigenvalue weighted by Crippen LogP contribution is 2.29. The molecule has 1 aromatic rings. The Hall–Kier alpha value is -0.660. The quantitative estimate of drug-likeness (QED) is 0.719. The monoisotopic (exact) mass is 397 g/mol. The van der Waals surface area contributed by atoms with Crippen LogP contribution in [0.4, 0.5) is 4.39 Å². The molecule has 116 valence electrons. The zero-order valence-corrected chi connectivity index (χ0v) is 14.6. The van der Waals surface area contributed by atoms with Crippen molar-refractivity contribution in [2.24, 2.45) is 11.8 Å². The van der Waals surface area contributed by atoms with Gasteiger partial charge in [-0.3, -0.25) is 4.79 Å². The van der Waals surface area contributed by atoms with Crippen molar-refractivity contribution in [3.63, 3.8) is 0 Å². The average Bonchev–Trinajstić information content (AvgIpc) is 2.70. The van der Waals surface area contributed by atoms with Crippen LogP contribution in [0.15, 0.2) is 21.5 Å². The number of carbonyl (C=O) groups is 1. The van der Waals surface area contributed by atoms with Gasteiger partial charge in [0.1, 0.15) is 4.90 Å². The maximum absolute atomic E-state index is 14.3. The first-order valence-corrected chi connectivity index (χ1v) is 9.44. The molecule has 1 aromatic carbocycles. The molecule has 2 rings (SSSR count). The Morgan fingerprint density at radius 1 is 1.33 bits per heavy atom. The second-order valence-corrected chi connectivity index (χ2v) is 8.82. The molecule has 1 fully saturated rings. The second-order valence-electron chi connectivity index (χ2n) is 5.37. The highest BCUT2D eigenvalue weighted by Gasteiger charge is 2.32. The van der Waals surface area contributed by atoms with E-state index in [1.54, 1.807) is 0 Å². The van der Waals surface area contributed by atoms with Crippen molar-refractivity contribution in [3.8, 4) is 0 Å².